The van der Waals surface area contributed by atoms with Gasteiger partial charge in [-0.1, -0.05) is 12.1 Å². The van der Waals surface area contributed by atoms with Gasteiger partial charge in [-0.3, -0.25) is 19.3 Å². The van der Waals surface area contributed by atoms with Gasteiger partial charge in [0.15, 0.2) is 11.2 Å². The van der Waals surface area contributed by atoms with E-state index in [0.717, 1.165) is 6.54 Å². The Hall–Kier alpha value is -2.68. The highest BCUT2D eigenvalue weighted by Gasteiger charge is 2.24. The highest BCUT2D eigenvalue weighted by Crippen LogP contribution is 2.14. The number of nitrogens with one attached hydrogen (secondary N) is 1. The molecular weight excluding hydrogens is 426 g/mol. The Morgan fingerprint density at radius 2 is 1.87 bits per heavy atom. The van der Waals surface area contributed by atoms with Crippen molar-refractivity contribution >= 4 is 46.5 Å². The normalized spacial score (nSPS) is 14.3. The molecule has 3 aromatic rings. The molecule has 30 heavy (non-hydrogen) atoms. The number of nitrogens with zero attached hydrogens (tertiary/aromatic N) is 2. The van der Waals surface area contributed by atoms with E-state index in [0.29, 0.717) is 49.3 Å². The molecule has 1 fully saturated rings. The van der Waals surface area contributed by atoms with Gasteiger partial charge in [0, 0.05) is 56.3 Å². The molecule has 7 nitrogen and oxygen atoms in total. The van der Waals surface area contributed by atoms with Gasteiger partial charge < -0.3 is 14.6 Å². The van der Waals surface area contributed by atoms with E-state index in [9.17, 15) is 14.4 Å². The number of fused-ring (bicyclic) bond motifs is 1. The molecule has 0 aliphatic carbocycles. The lowest BCUT2D eigenvalue weighted by molar-refractivity contribution is 0.0608. The minimum absolute atomic E-state index is 0. The summed E-state index contributed by atoms with van der Waals surface area (Å²) in [6.45, 7) is 3.79. The molecule has 1 aliphatic rings. The number of benzene rings is 1. The van der Waals surface area contributed by atoms with E-state index in [4.69, 9.17) is 4.42 Å². The molecule has 1 saturated heterocycles. The van der Waals surface area contributed by atoms with Crippen LogP contribution in [0.2, 0.25) is 0 Å². The van der Waals surface area contributed by atoms with Crippen molar-refractivity contribution in [2.75, 3.05) is 39.3 Å². The van der Waals surface area contributed by atoms with Crippen molar-refractivity contribution in [3.05, 3.63) is 68.7 Å². The highest BCUT2D eigenvalue weighted by atomic mass is 35.5. The van der Waals surface area contributed by atoms with Gasteiger partial charge in [-0.25, -0.2) is 0 Å². The average molecular weight is 448 g/mol. The van der Waals surface area contributed by atoms with Crippen molar-refractivity contribution in [2.45, 2.75) is 0 Å². The monoisotopic (exact) mass is 447 g/mol. The summed E-state index contributed by atoms with van der Waals surface area (Å²) in [6, 6.07) is 9.99. The summed E-state index contributed by atoms with van der Waals surface area (Å²) < 4.78 is 5.66. The molecule has 0 unspecified atom stereocenters. The summed E-state index contributed by atoms with van der Waals surface area (Å²) >= 11 is 1.50. The minimum Gasteiger partial charge on any atom is -0.451 e. The first-order chi connectivity index (χ1) is 14.1. The molecule has 0 bridgehead atoms. The third-order valence-electron chi connectivity index (χ3n) is 5.00. The Morgan fingerprint density at radius 1 is 1.10 bits per heavy atom. The predicted octanol–water partition coefficient (Wildman–Crippen LogP) is 2.46. The summed E-state index contributed by atoms with van der Waals surface area (Å²) in [5, 5.41) is 7.08. The Balaban J connectivity index is 0.00000256. The van der Waals surface area contributed by atoms with Crippen molar-refractivity contribution in [2.24, 2.45) is 0 Å². The van der Waals surface area contributed by atoms with Gasteiger partial charge in [0.2, 0.25) is 0 Å². The number of carbonyl (C=O) groups excluding carboxylic acids is 2. The first-order valence-corrected chi connectivity index (χ1v) is 10.4. The number of amides is 2. The van der Waals surface area contributed by atoms with Crippen LogP contribution in [-0.4, -0.2) is 60.9 Å². The maximum Gasteiger partial charge on any atom is 0.289 e. The molecule has 0 radical (unpaired) electrons. The van der Waals surface area contributed by atoms with Crippen LogP contribution in [0.1, 0.15) is 20.9 Å². The molecule has 2 aromatic heterocycles. The largest absolute Gasteiger partial charge is 0.451 e. The smallest absolute Gasteiger partial charge is 0.289 e. The Bertz CT molecular complexity index is 1080. The average Bonchev–Trinajstić information content (AvgIpc) is 3.29. The molecule has 0 atom stereocenters. The van der Waals surface area contributed by atoms with Crippen LogP contribution in [0.5, 0.6) is 0 Å². The van der Waals surface area contributed by atoms with Crippen LogP contribution in [0.25, 0.3) is 11.0 Å². The predicted molar refractivity (Wildman–Crippen MR) is 119 cm³/mol. The zero-order valence-electron chi connectivity index (χ0n) is 16.2. The maximum absolute atomic E-state index is 12.8. The lowest BCUT2D eigenvalue weighted by Crippen LogP contribution is -2.50. The lowest BCUT2D eigenvalue weighted by atomic mass is 10.2. The van der Waals surface area contributed by atoms with Gasteiger partial charge in [0.1, 0.15) is 5.58 Å². The molecule has 1 aromatic carbocycles. The number of halogens is 1. The van der Waals surface area contributed by atoms with Crippen molar-refractivity contribution < 1.29 is 14.0 Å². The molecule has 4 rings (SSSR count). The molecule has 0 saturated carbocycles. The molecule has 1 aliphatic heterocycles. The number of rotatable bonds is 5. The van der Waals surface area contributed by atoms with Crippen LogP contribution >= 0.6 is 23.7 Å². The van der Waals surface area contributed by atoms with Gasteiger partial charge in [-0.15, -0.1) is 12.4 Å². The van der Waals surface area contributed by atoms with E-state index >= 15 is 0 Å². The zero-order chi connectivity index (χ0) is 20.2. The summed E-state index contributed by atoms with van der Waals surface area (Å²) in [5.74, 6) is -0.255. The second-order valence-electron chi connectivity index (χ2n) is 6.87. The van der Waals surface area contributed by atoms with E-state index in [-0.39, 0.29) is 35.4 Å². The Kier molecular flexibility index (Phi) is 7.25. The fraction of sp³-hybridized carbons (Fsp3) is 0.286. The topological polar surface area (TPSA) is 82.9 Å². The summed E-state index contributed by atoms with van der Waals surface area (Å²) in [6.07, 6.45) is 0. The molecule has 9 heteroatoms. The molecular formula is C21H22ClN3O4S. The van der Waals surface area contributed by atoms with Crippen LogP contribution in [-0.2, 0) is 0 Å². The third kappa shape index (κ3) is 4.89. The van der Waals surface area contributed by atoms with Crippen molar-refractivity contribution in [1.82, 2.24) is 15.1 Å². The van der Waals surface area contributed by atoms with E-state index in [1.165, 1.54) is 17.4 Å². The summed E-state index contributed by atoms with van der Waals surface area (Å²) in [7, 11) is 0. The third-order valence-corrected chi connectivity index (χ3v) is 5.69. The second-order valence-corrected chi connectivity index (χ2v) is 7.65. The number of hydrogen-bond acceptors (Lipinski definition) is 6. The Labute approximate surface area is 183 Å². The van der Waals surface area contributed by atoms with Gasteiger partial charge in [0.05, 0.1) is 5.39 Å². The van der Waals surface area contributed by atoms with Crippen LogP contribution in [0.4, 0.5) is 0 Å². The SMILES string of the molecule is Cl.O=C(NCCN1CCN(C(=O)c2cc(=O)c3ccccc3o2)CC1)c1ccsc1. The number of carbonyl (C=O) groups is 2. The van der Waals surface area contributed by atoms with Gasteiger partial charge in [-0.2, -0.15) is 11.3 Å². The maximum atomic E-state index is 12.8. The number of piperazine rings is 1. The molecule has 0 spiro atoms. The van der Waals surface area contributed by atoms with Crippen molar-refractivity contribution in [1.29, 1.82) is 0 Å². The van der Waals surface area contributed by atoms with Crippen molar-refractivity contribution in [3.8, 4) is 0 Å². The van der Waals surface area contributed by atoms with E-state index in [1.807, 2.05) is 10.8 Å². The van der Waals surface area contributed by atoms with E-state index in [2.05, 4.69) is 10.2 Å². The fourth-order valence-corrected chi connectivity index (χ4v) is 4.00. The van der Waals surface area contributed by atoms with E-state index in [1.54, 1.807) is 35.2 Å². The molecule has 2 amide bonds. The Morgan fingerprint density at radius 3 is 2.60 bits per heavy atom. The van der Waals surface area contributed by atoms with Gasteiger partial charge >= 0.3 is 0 Å². The number of para-hydroxylation sites is 1. The minimum atomic E-state index is -0.265. The number of thiophene rings is 1. The standard InChI is InChI=1S/C21H21N3O4S.ClH/c25-17-13-19(28-18-4-2-1-3-16(17)18)21(27)24-10-8-23(9-11-24)7-6-22-20(26)15-5-12-29-14-15;/h1-5,12-14H,6-11H2,(H,22,26);1H. The summed E-state index contributed by atoms with van der Waals surface area (Å²) in [5.41, 5.74) is 0.890. The first-order valence-electron chi connectivity index (χ1n) is 9.47. The van der Waals surface area contributed by atoms with Gasteiger partial charge in [-0.05, 0) is 23.6 Å². The quantitative estimate of drug-likeness (QED) is 0.649. The van der Waals surface area contributed by atoms with Crippen LogP contribution in [0.3, 0.4) is 0 Å². The van der Waals surface area contributed by atoms with Crippen LogP contribution < -0.4 is 10.7 Å². The molecule has 3 heterocycles. The fourth-order valence-electron chi connectivity index (χ4n) is 3.36. The van der Waals surface area contributed by atoms with Crippen LogP contribution in [0, 0.1) is 0 Å². The highest BCUT2D eigenvalue weighted by molar-refractivity contribution is 7.08. The van der Waals surface area contributed by atoms with Gasteiger partial charge in [0.25, 0.3) is 11.8 Å². The zero-order valence-corrected chi connectivity index (χ0v) is 17.8. The van der Waals surface area contributed by atoms with Crippen LogP contribution in [0.15, 0.2) is 56.4 Å². The van der Waals surface area contributed by atoms with E-state index < -0.39 is 0 Å². The number of hydrogen-bond donors (Lipinski definition) is 1. The van der Waals surface area contributed by atoms with Crippen molar-refractivity contribution in [3.63, 3.8) is 0 Å². The summed E-state index contributed by atoms with van der Waals surface area (Å²) in [4.78, 5) is 40.8. The molecule has 1 N–H and O–H groups in total. The lowest BCUT2D eigenvalue weighted by Gasteiger charge is -2.34. The molecule has 158 valence electrons. The second kappa shape index (κ2) is 9.88. The first kappa shape index (κ1) is 22.0.